The lowest BCUT2D eigenvalue weighted by molar-refractivity contribution is 0.0697. The molecule has 2 aromatic rings. The van der Waals surface area contributed by atoms with Crippen molar-refractivity contribution >= 4 is 35.5 Å². The summed E-state index contributed by atoms with van der Waals surface area (Å²) in [5.74, 6) is -0.901. The molecule has 2 aromatic carbocycles. The summed E-state index contributed by atoms with van der Waals surface area (Å²) in [5, 5.41) is 9.18. The van der Waals surface area contributed by atoms with Crippen molar-refractivity contribution in [2.75, 3.05) is 5.73 Å². The highest BCUT2D eigenvalue weighted by molar-refractivity contribution is 6.63. The normalized spacial score (nSPS) is 16.3. The second-order valence-corrected chi connectivity index (χ2v) is 10.0. The maximum absolute atomic E-state index is 11.2. The third kappa shape index (κ3) is 4.75. The number of benzene rings is 2. The lowest BCUT2D eigenvalue weighted by atomic mass is 9.60. The third-order valence-electron chi connectivity index (χ3n) is 6.60. The van der Waals surface area contributed by atoms with Gasteiger partial charge in [-0.25, -0.2) is 4.79 Å². The van der Waals surface area contributed by atoms with Gasteiger partial charge >= 0.3 is 5.97 Å². The van der Waals surface area contributed by atoms with Crippen LogP contribution in [0.15, 0.2) is 60.1 Å². The van der Waals surface area contributed by atoms with Crippen molar-refractivity contribution in [3.63, 3.8) is 0 Å². The van der Waals surface area contributed by atoms with Crippen LogP contribution in [0.1, 0.15) is 79.9 Å². The Labute approximate surface area is 192 Å². The summed E-state index contributed by atoms with van der Waals surface area (Å²) in [6.45, 7) is 6.77. The van der Waals surface area contributed by atoms with Gasteiger partial charge in [0.2, 0.25) is 0 Å². The van der Waals surface area contributed by atoms with Crippen molar-refractivity contribution < 1.29 is 9.90 Å². The zero-order chi connectivity index (χ0) is 22.9. The Bertz CT molecular complexity index is 1130. The van der Waals surface area contributed by atoms with Crippen molar-refractivity contribution in [2.45, 2.75) is 58.3 Å². The minimum atomic E-state index is -0.901. The number of carbonyl (C=O) groups is 1. The highest BCUT2D eigenvalue weighted by Crippen LogP contribution is 2.36. The molecule has 0 spiro atoms. The zero-order valence-corrected chi connectivity index (χ0v) is 19.4. The third-order valence-corrected chi connectivity index (χ3v) is 6.60. The predicted molar refractivity (Wildman–Crippen MR) is 137 cm³/mol. The lowest BCUT2D eigenvalue weighted by Gasteiger charge is -2.25. The van der Waals surface area contributed by atoms with Crippen molar-refractivity contribution in [3.05, 3.63) is 82.4 Å². The molecule has 0 heterocycles. The van der Waals surface area contributed by atoms with Crippen molar-refractivity contribution in [1.29, 1.82) is 0 Å². The average Bonchev–Trinajstić information content (AvgIpc) is 3.27. The molecule has 2 aliphatic carbocycles. The van der Waals surface area contributed by atoms with Gasteiger partial charge in [0, 0.05) is 11.3 Å². The number of allylic oxidation sites excluding steroid dienone is 6. The van der Waals surface area contributed by atoms with E-state index in [2.05, 4.69) is 51.1 Å². The van der Waals surface area contributed by atoms with E-state index in [-0.39, 0.29) is 5.41 Å². The summed E-state index contributed by atoms with van der Waals surface area (Å²) in [6, 6.07) is 11.7. The first-order valence-electron chi connectivity index (χ1n) is 11.6. The van der Waals surface area contributed by atoms with E-state index in [0.717, 1.165) is 42.5 Å². The van der Waals surface area contributed by atoms with E-state index in [1.54, 1.807) is 12.1 Å². The van der Waals surface area contributed by atoms with Crippen LogP contribution in [0, 0.1) is 0 Å². The van der Waals surface area contributed by atoms with E-state index in [1.165, 1.54) is 41.3 Å². The molecule has 0 aliphatic heterocycles. The summed E-state index contributed by atoms with van der Waals surface area (Å²) in [4.78, 5) is 11.2. The molecule has 2 aliphatic rings. The van der Waals surface area contributed by atoms with Gasteiger partial charge < -0.3 is 10.8 Å². The van der Waals surface area contributed by atoms with Crippen LogP contribution in [0.25, 0.3) is 11.1 Å². The second kappa shape index (κ2) is 8.86. The Morgan fingerprint density at radius 1 is 1.03 bits per heavy atom. The van der Waals surface area contributed by atoms with E-state index in [4.69, 9.17) is 5.73 Å². The summed E-state index contributed by atoms with van der Waals surface area (Å²) in [7, 11) is 0.940. The van der Waals surface area contributed by atoms with Gasteiger partial charge in [0.15, 0.2) is 7.28 Å². The Morgan fingerprint density at radius 3 is 2.41 bits per heavy atom. The van der Waals surface area contributed by atoms with Gasteiger partial charge in [-0.1, -0.05) is 62.7 Å². The average molecular weight is 425 g/mol. The lowest BCUT2D eigenvalue weighted by Crippen LogP contribution is -2.25. The molecular weight excluding hydrogens is 393 g/mol. The molecule has 32 heavy (non-hydrogen) atoms. The molecule has 0 radical (unpaired) electrons. The van der Waals surface area contributed by atoms with Gasteiger partial charge in [0.1, 0.15) is 0 Å². The number of rotatable bonds is 5. The molecule has 0 bridgehead atoms. The number of nitrogens with two attached hydrogens (primary N) is 1. The first-order valence-corrected chi connectivity index (χ1v) is 11.6. The fourth-order valence-electron chi connectivity index (χ4n) is 4.62. The molecular formula is C28H32BNO2. The van der Waals surface area contributed by atoms with Crippen LogP contribution in [0.3, 0.4) is 0 Å². The molecule has 4 rings (SSSR count). The molecule has 0 amide bonds. The van der Waals surface area contributed by atoms with Gasteiger partial charge in [-0.2, -0.15) is 0 Å². The number of carboxylic acid groups (broad SMARTS) is 1. The summed E-state index contributed by atoms with van der Waals surface area (Å²) < 4.78 is 0. The molecule has 164 valence electrons. The standard InChI is InChI=1S/C28H32BNO2/c1-28(2,3)22-16-24(26(30)25(17-22)29-23-9-4-5-10-23)21-8-6-7-20(15-21)18-11-13-19(14-12-18)27(31)32/h7,9,11-17,29H,4-6,8,10,30H2,1-3H3,(H,31,32). The number of anilines is 1. The maximum Gasteiger partial charge on any atom is 0.335 e. The van der Waals surface area contributed by atoms with Gasteiger partial charge in [0.25, 0.3) is 0 Å². The number of aromatic carboxylic acids is 1. The molecule has 0 saturated heterocycles. The molecule has 0 atom stereocenters. The minimum Gasteiger partial charge on any atom is -0.478 e. The largest absolute Gasteiger partial charge is 0.478 e. The smallest absolute Gasteiger partial charge is 0.335 e. The topological polar surface area (TPSA) is 63.3 Å². The van der Waals surface area contributed by atoms with Crippen molar-refractivity contribution in [3.8, 4) is 0 Å². The Morgan fingerprint density at radius 2 is 1.78 bits per heavy atom. The van der Waals surface area contributed by atoms with E-state index < -0.39 is 5.97 Å². The van der Waals surface area contributed by atoms with E-state index in [0.29, 0.717) is 5.56 Å². The monoisotopic (exact) mass is 425 g/mol. The van der Waals surface area contributed by atoms with Crippen LogP contribution in [-0.2, 0) is 5.41 Å². The first kappa shape index (κ1) is 22.2. The fourth-order valence-corrected chi connectivity index (χ4v) is 4.62. The van der Waals surface area contributed by atoms with Gasteiger partial charge in [-0.05, 0) is 78.0 Å². The molecule has 0 saturated carbocycles. The Balaban J connectivity index is 1.74. The number of hydrogen-bond donors (Lipinski definition) is 2. The van der Waals surface area contributed by atoms with Gasteiger partial charge in [0.05, 0.1) is 5.56 Å². The molecule has 3 N–H and O–H groups in total. The van der Waals surface area contributed by atoms with Crippen LogP contribution in [-0.4, -0.2) is 18.4 Å². The highest BCUT2D eigenvalue weighted by Gasteiger charge is 2.22. The van der Waals surface area contributed by atoms with Crippen molar-refractivity contribution in [1.82, 2.24) is 0 Å². The van der Waals surface area contributed by atoms with Gasteiger partial charge in [-0.3, -0.25) is 0 Å². The summed E-state index contributed by atoms with van der Waals surface area (Å²) in [5.41, 5.74) is 16.7. The van der Waals surface area contributed by atoms with Crippen LogP contribution in [0.4, 0.5) is 5.69 Å². The van der Waals surface area contributed by atoms with Gasteiger partial charge in [-0.15, -0.1) is 5.47 Å². The SMILES string of the molecule is CC(C)(C)c1cc(BC2=CCCC2)c(N)c(C2=CC(c3ccc(C(=O)O)cc3)=CCC2)c1. The maximum atomic E-state index is 11.2. The molecule has 4 heteroatoms. The van der Waals surface area contributed by atoms with Crippen LogP contribution in [0.2, 0.25) is 0 Å². The quantitative estimate of drug-likeness (QED) is 0.480. The fraction of sp³-hybridized carbons (Fsp3) is 0.321. The van der Waals surface area contributed by atoms with Crippen LogP contribution >= 0.6 is 0 Å². The predicted octanol–water partition coefficient (Wildman–Crippen LogP) is 5.65. The molecule has 0 aromatic heterocycles. The number of nitrogen functional groups attached to an aromatic ring is 1. The first-order chi connectivity index (χ1) is 15.2. The van der Waals surface area contributed by atoms with Crippen LogP contribution in [0.5, 0.6) is 0 Å². The summed E-state index contributed by atoms with van der Waals surface area (Å²) >= 11 is 0. The van der Waals surface area contributed by atoms with Crippen LogP contribution < -0.4 is 11.2 Å². The Hall–Kier alpha value is -3.01. The molecule has 0 unspecified atom stereocenters. The second-order valence-electron chi connectivity index (χ2n) is 10.0. The minimum absolute atomic E-state index is 0.0435. The van der Waals surface area contributed by atoms with Crippen molar-refractivity contribution in [2.24, 2.45) is 0 Å². The summed E-state index contributed by atoms with van der Waals surface area (Å²) in [6.07, 6.45) is 12.4. The van der Waals surface area contributed by atoms with E-state index in [1.807, 2.05) is 12.1 Å². The number of hydrogen-bond acceptors (Lipinski definition) is 2. The Kier molecular flexibility index (Phi) is 6.14. The highest BCUT2D eigenvalue weighted by atomic mass is 16.4. The number of carboxylic acids is 1. The van der Waals surface area contributed by atoms with E-state index >= 15 is 0 Å². The van der Waals surface area contributed by atoms with E-state index in [9.17, 15) is 9.90 Å². The molecule has 3 nitrogen and oxygen atoms in total. The molecule has 0 fully saturated rings. The zero-order valence-electron chi connectivity index (χ0n) is 19.4.